The number of unbranched alkanes of at least 4 members (excludes halogenated alkanes) is 2. The van der Waals surface area contributed by atoms with Gasteiger partial charge in [0, 0.05) is 29.5 Å². The van der Waals surface area contributed by atoms with Gasteiger partial charge in [0.05, 0.1) is 13.2 Å². The van der Waals surface area contributed by atoms with Gasteiger partial charge in [0.1, 0.15) is 24.4 Å². The molecule has 2 N–H and O–H groups in total. The molecule has 1 aliphatic rings. The molecule has 192 valence electrons. The Morgan fingerprint density at radius 1 is 1.11 bits per heavy atom. The third-order valence-electron chi connectivity index (χ3n) is 5.90. The van der Waals surface area contributed by atoms with E-state index in [1.807, 2.05) is 6.07 Å². The Kier molecular flexibility index (Phi) is 10.6. The topological polar surface area (TPSA) is 110 Å². The fourth-order valence-electron chi connectivity index (χ4n) is 3.98. The molecule has 8 nitrogen and oxygen atoms in total. The number of nitrogens with two attached hydrogens (primary N) is 1. The number of ether oxygens (including phenoxy) is 4. The minimum atomic E-state index is -0.232. The van der Waals surface area contributed by atoms with Crippen molar-refractivity contribution in [3.05, 3.63) is 51.6 Å². The average Bonchev–Trinajstić information content (AvgIpc) is 2.85. The van der Waals surface area contributed by atoms with Crippen LogP contribution in [-0.4, -0.2) is 31.9 Å². The van der Waals surface area contributed by atoms with Crippen LogP contribution in [0, 0.1) is 0 Å². The van der Waals surface area contributed by atoms with Crippen LogP contribution in [0.2, 0.25) is 0 Å². The molecule has 1 aromatic heterocycles. The highest BCUT2D eigenvalue weighted by Crippen LogP contribution is 2.30. The number of hydrogen-bond donors (Lipinski definition) is 1. The Hall–Kier alpha value is -2.84. The molecule has 1 fully saturated rings. The smallest absolute Gasteiger partial charge is 0.227 e. The van der Waals surface area contributed by atoms with E-state index in [4.69, 9.17) is 29.1 Å². The summed E-state index contributed by atoms with van der Waals surface area (Å²) in [5.74, 6) is 1.34. The Morgan fingerprint density at radius 2 is 1.89 bits per heavy atom. The quantitative estimate of drug-likeness (QED) is 0.224. The fourth-order valence-corrected chi connectivity index (χ4v) is 3.98. The van der Waals surface area contributed by atoms with Crippen molar-refractivity contribution in [3.63, 3.8) is 0 Å². The van der Waals surface area contributed by atoms with Crippen LogP contribution in [0.1, 0.15) is 80.5 Å². The lowest BCUT2D eigenvalue weighted by Gasteiger charge is -2.22. The highest BCUT2D eigenvalue weighted by molar-refractivity contribution is 6.00. The highest BCUT2D eigenvalue weighted by atomic mass is 16.7. The van der Waals surface area contributed by atoms with Crippen molar-refractivity contribution in [3.8, 4) is 11.5 Å². The van der Waals surface area contributed by atoms with Crippen LogP contribution in [-0.2, 0) is 22.5 Å². The van der Waals surface area contributed by atoms with Crippen molar-refractivity contribution >= 4 is 11.5 Å². The first-order valence-corrected chi connectivity index (χ1v) is 12.5. The number of ketones is 1. The third kappa shape index (κ3) is 8.11. The number of anilines is 1. The third-order valence-corrected chi connectivity index (χ3v) is 5.90. The fraction of sp³-hybridized carbons (Fsp3) is 0.556. The first kappa shape index (κ1) is 26.8. The Morgan fingerprint density at radius 3 is 2.54 bits per heavy atom. The average molecular weight is 488 g/mol. The van der Waals surface area contributed by atoms with E-state index >= 15 is 0 Å². The van der Waals surface area contributed by atoms with Gasteiger partial charge < -0.3 is 29.1 Å². The van der Waals surface area contributed by atoms with Crippen LogP contribution >= 0.6 is 0 Å². The van der Waals surface area contributed by atoms with Crippen LogP contribution in [0.5, 0.6) is 11.5 Å². The summed E-state index contributed by atoms with van der Waals surface area (Å²) in [6, 6.07) is 4.97. The van der Waals surface area contributed by atoms with E-state index in [2.05, 4.69) is 6.92 Å². The van der Waals surface area contributed by atoms with Crippen molar-refractivity contribution in [1.29, 1.82) is 0 Å². The number of Topliss-reactive ketones (excluding diaryl/α,β-unsaturated/α-hetero) is 1. The van der Waals surface area contributed by atoms with Gasteiger partial charge in [-0.05, 0) is 64.0 Å². The molecule has 0 amide bonds. The summed E-state index contributed by atoms with van der Waals surface area (Å²) in [6.45, 7) is 5.44. The second kappa shape index (κ2) is 13.9. The minimum absolute atomic E-state index is 0.0440. The Bertz CT molecular complexity index is 1010. The number of rotatable bonds is 14. The molecule has 3 rings (SSSR count). The number of carbonyl (C=O) groups excluding carboxylic acids is 1. The maximum absolute atomic E-state index is 12.3. The van der Waals surface area contributed by atoms with Crippen molar-refractivity contribution in [1.82, 2.24) is 0 Å². The van der Waals surface area contributed by atoms with Crippen LogP contribution in [0.3, 0.4) is 0 Å². The van der Waals surface area contributed by atoms with Gasteiger partial charge in [-0.3, -0.25) is 9.59 Å². The lowest BCUT2D eigenvalue weighted by Crippen LogP contribution is -2.22. The van der Waals surface area contributed by atoms with Gasteiger partial charge in [-0.25, -0.2) is 0 Å². The van der Waals surface area contributed by atoms with E-state index in [0.717, 1.165) is 62.7 Å². The molecule has 8 heteroatoms. The SMILES string of the molecule is CCCc1c(OCCCCCOc2coc(COC3CCCCO3)cc2=O)ccc(C(C)=O)c1N. The second-order valence-corrected chi connectivity index (χ2v) is 8.75. The molecule has 1 unspecified atom stereocenters. The number of carbonyl (C=O) groups is 1. The lowest BCUT2D eigenvalue weighted by molar-refractivity contribution is -0.171. The molecule has 0 spiro atoms. The van der Waals surface area contributed by atoms with E-state index in [1.54, 1.807) is 6.07 Å². The predicted octanol–water partition coefficient (Wildman–Crippen LogP) is 5.05. The molecule has 1 saturated heterocycles. The van der Waals surface area contributed by atoms with Crippen molar-refractivity contribution in [2.45, 2.75) is 78.1 Å². The van der Waals surface area contributed by atoms with Gasteiger partial charge in [-0.1, -0.05) is 13.3 Å². The van der Waals surface area contributed by atoms with E-state index < -0.39 is 0 Å². The van der Waals surface area contributed by atoms with E-state index in [9.17, 15) is 9.59 Å². The highest BCUT2D eigenvalue weighted by Gasteiger charge is 2.16. The van der Waals surface area contributed by atoms with E-state index in [1.165, 1.54) is 19.3 Å². The van der Waals surface area contributed by atoms with Gasteiger partial charge in [-0.15, -0.1) is 0 Å². The molecule has 2 aromatic rings. The second-order valence-electron chi connectivity index (χ2n) is 8.75. The van der Waals surface area contributed by atoms with Crippen molar-refractivity contribution in [2.75, 3.05) is 25.6 Å². The number of nitrogen functional groups attached to an aromatic ring is 1. The number of benzene rings is 1. The zero-order chi connectivity index (χ0) is 25.0. The summed E-state index contributed by atoms with van der Waals surface area (Å²) >= 11 is 0. The number of hydrogen-bond acceptors (Lipinski definition) is 8. The van der Waals surface area contributed by atoms with Gasteiger partial charge in [-0.2, -0.15) is 0 Å². The Balaban J connectivity index is 1.36. The van der Waals surface area contributed by atoms with Gasteiger partial charge >= 0.3 is 0 Å². The first-order valence-electron chi connectivity index (χ1n) is 12.5. The molecule has 1 atom stereocenters. The summed E-state index contributed by atoms with van der Waals surface area (Å²) in [7, 11) is 0. The molecule has 1 aromatic carbocycles. The van der Waals surface area contributed by atoms with E-state index in [0.29, 0.717) is 36.8 Å². The molecule has 0 saturated carbocycles. The molecular formula is C27H37NO7. The molecule has 35 heavy (non-hydrogen) atoms. The van der Waals surface area contributed by atoms with Crippen molar-refractivity contribution in [2.24, 2.45) is 0 Å². The van der Waals surface area contributed by atoms with Crippen LogP contribution < -0.4 is 20.6 Å². The Labute approximate surface area is 206 Å². The standard InChI is InChI=1S/C27H37NO7/c1-3-9-22-24(12-11-21(19(2)29)27(22)28)31-13-6-4-7-14-32-25-18-34-20(16-23(25)30)17-35-26-10-5-8-15-33-26/h11-12,16,18,26H,3-10,13-15,17,28H2,1-2H3. The maximum Gasteiger partial charge on any atom is 0.227 e. The monoisotopic (exact) mass is 487 g/mol. The minimum Gasteiger partial charge on any atom is -0.493 e. The molecular weight excluding hydrogens is 450 g/mol. The molecule has 0 aliphatic carbocycles. The van der Waals surface area contributed by atoms with Gasteiger partial charge in [0.25, 0.3) is 0 Å². The first-order chi connectivity index (χ1) is 17.0. The molecule has 2 heterocycles. The summed E-state index contributed by atoms with van der Waals surface area (Å²) < 4.78 is 28.2. The van der Waals surface area contributed by atoms with Crippen LogP contribution in [0.15, 0.2) is 33.7 Å². The zero-order valence-corrected chi connectivity index (χ0v) is 20.8. The van der Waals surface area contributed by atoms with Crippen LogP contribution in [0.4, 0.5) is 5.69 Å². The summed E-state index contributed by atoms with van der Waals surface area (Å²) in [4.78, 5) is 24.0. The normalized spacial score (nSPS) is 15.7. The lowest BCUT2D eigenvalue weighted by atomic mass is 10.0. The summed E-state index contributed by atoms with van der Waals surface area (Å²) in [5.41, 5.74) is 7.94. The van der Waals surface area contributed by atoms with Gasteiger partial charge in [0.15, 0.2) is 12.1 Å². The largest absolute Gasteiger partial charge is 0.493 e. The van der Waals surface area contributed by atoms with E-state index in [-0.39, 0.29) is 29.9 Å². The van der Waals surface area contributed by atoms with Crippen molar-refractivity contribution < 1.29 is 28.2 Å². The summed E-state index contributed by atoms with van der Waals surface area (Å²) in [6.07, 6.45) is 8.26. The van der Waals surface area contributed by atoms with Gasteiger partial charge in [0.2, 0.25) is 11.2 Å². The maximum atomic E-state index is 12.3. The predicted molar refractivity (Wildman–Crippen MR) is 133 cm³/mol. The van der Waals surface area contributed by atoms with Crippen LogP contribution in [0.25, 0.3) is 0 Å². The molecule has 0 radical (unpaired) electrons. The zero-order valence-electron chi connectivity index (χ0n) is 20.8. The summed E-state index contributed by atoms with van der Waals surface area (Å²) in [5, 5.41) is 0. The molecule has 1 aliphatic heterocycles. The molecule has 0 bridgehead atoms.